The predicted molar refractivity (Wildman–Crippen MR) is 52.5 cm³/mol. The first-order valence-corrected chi connectivity index (χ1v) is 4.34. The second kappa shape index (κ2) is 4.28. The van der Waals surface area contributed by atoms with Crippen molar-refractivity contribution >= 4 is 18.4 Å². The molecule has 2 nitrogen and oxygen atoms in total. The summed E-state index contributed by atoms with van der Waals surface area (Å²) in [5.41, 5.74) is 7.09. The summed E-state index contributed by atoms with van der Waals surface area (Å²) in [5, 5.41) is 0. The fraction of sp³-hybridized carbons (Fsp3) is 0.222. The number of carbonyl (C=O) groups excluding carboxylic acids is 1. The predicted octanol–water partition coefficient (Wildman–Crippen LogP) is 1.26. The molecule has 0 amide bonds. The second-order valence-corrected chi connectivity index (χ2v) is 2.80. The molecule has 0 aromatic heterocycles. The van der Waals surface area contributed by atoms with Gasteiger partial charge in [-0.25, -0.2) is 0 Å². The molecule has 0 aliphatic carbocycles. The molecule has 0 bridgehead atoms. The molecule has 0 aliphatic heterocycles. The normalized spacial score (nSPS) is 9.83. The summed E-state index contributed by atoms with van der Waals surface area (Å²) in [5.74, 6) is 0.280. The molecule has 3 heteroatoms. The first-order valence-electron chi connectivity index (χ1n) is 3.71. The standard InChI is InChI=1S/C9H11NOS/c10-5-7-2-1-3-8(4-7)9(11)6-12/h1-4,12H,5-6,10H2. The lowest BCUT2D eigenvalue weighted by molar-refractivity contribution is 0.102. The first-order chi connectivity index (χ1) is 5.77. The van der Waals surface area contributed by atoms with Crippen molar-refractivity contribution in [3.05, 3.63) is 35.4 Å². The van der Waals surface area contributed by atoms with E-state index in [1.807, 2.05) is 12.1 Å². The Morgan fingerprint density at radius 3 is 2.83 bits per heavy atom. The Bertz CT molecular complexity index is 286. The molecule has 64 valence electrons. The van der Waals surface area contributed by atoms with Crippen molar-refractivity contribution in [3.63, 3.8) is 0 Å². The zero-order valence-electron chi connectivity index (χ0n) is 6.66. The molecule has 1 rings (SSSR count). The van der Waals surface area contributed by atoms with Gasteiger partial charge >= 0.3 is 0 Å². The van der Waals surface area contributed by atoms with E-state index in [9.17, 15) is 4.79 Å². The average molecular weight is 181 g/mol. The van der Waals surface area contributed by atoms with Crippen LogP contribution in [-0.4, -0.2) is 11.5 Å². The third kappa shape index (κ3) is 2.09. The summed E-state index contributed by atoms with van der Waals surface area (Å²) in [7, 11) is 0. The van der Waals surface area contributed by atoms with Gasteiger partial charge in [-0.15, -0.1) is 0 Å². The lowest BCUT2D eigenvalue weighted by atomic mass is 10.1. The van der Waals surface area contributed by atoms with E-state index in [1.165, 1.54) is 0 Å². The van der Waals surface area contributed by atoms with Crippen LogP contribution in [-0.2, 0) is 6.54 Å². The molecule has 1 aromatic carbocycles. The van der Waals surface area contributed by atoms with Crippen LogP contribution < -0.4 is 5.73 Å². The molecule has 0 aliphatic rings. The van der Waals surface area contributed by atoms with Crippen LogP contribution in [0.15, 0.2) is 24.3 Å². The van der Waals surface area contributed by atoms with E-state index in [0.29, 0.717) is 12.1 Å². The zero-order chi connectivity index (χ0) is 8.97. The Kier molecular flexibility index (Phi) is 3.31. The zero-order valence-corrected chi connectivity index (χ0v) is 7.55. The molecule has 2 N–H and O–H groups in total. The topological polar surface area (TPSA) is 43.1 Å². The van der Waals surface area contributed by atoms with Crippen molar-refractivity contribution in [1.82, 2.24) is 0 Å². The summed E-state index contributed by atoms with van der Waals surface area (Å²) in [6.45, 7) is 0.466. The third-order valence-corrected chi connectivity index (χ3v) is 1.92. The summed E-state index contributed by atoms with van der Waals surface area (Å²) >= 11 is 3.91. The van der Waals surface area contributed by atoms with E-state index in [1.54, 1.807) is 12.1 Å². The number of thiol groups is 1. The molecule has 12 heavy (non-hydrogen) atoms. The molecule has 1 aromatic rings. The lowest BCUT2D eigenvalue weighted by Gasteiger charge is -1.99. The quantitative estimate of drug-likeness (QED) is 0.544. The molecular formula is C9H11NOS. The molecule has 0 saturated carbocycles. The highest BCUT2D eigenvalue weighted by molar-refractivity contribution is 7.81. The largest absolute Gasteiger partial charge is 0.326 e. The SMILES string of the molecule is NCc1cccc(C(=O)CS)c1. The fourth-order valence-electron chi connectivity index (χ4n) is 0.963. The summed E-state index contributed by atoms with van der Waals surface area (Å²) < 4.78 is 0. The van der Waals surface area contributed by atoms with Crippen LogP contribution >= 0.6 is 12.6 Å². The molecule has 0 saturated heterocycles. The number of carbonyl (C=O) groups is 1. The van der Waals surface area contributed by atoms with Gasteiger partial charge in [-0.2, -0.15) is 12.6 Å². The summed E-state index contributed by atoms with van der Waals surface area (Å²) in [6.07, 6.45) is 0. The van der Waals surface area contributed by atoms with Crippen LogP contribution in [0.25, 0.3) is 0 Å². The van der Waals surface area contributed by atoms with Gasteiger partial charge in [-0.05, 0) is 11.6 Å². The Labute approximate surface area is 77.2 Å². The van der Waals surface area contributed by atoms with Gasteiger partial charge in [0.15, 0.2) is 5.78 Å². The Hall–Kier alpha value is -0.800. The molecule has 0 unspecified atom stereocenters. The van der Waals surface area contributed by atoms with Crippen LogP contribution in [0, 0.1) is 0 Å². The number of nitrogens with two attached hydrogens (primary N) is 1. The highest BCUT2D eigenvalue weighted by atomic mass is 32.1. The van der Waals surface area contributed by atoms with Gasteiger partial charge < -0.3 is 5.73 Å². The minimum Gasteiger partial charge on any atom is -0.326 e. The molecule has 0 fully saturated rings. The van der Waals surface area contributed by atoms with Gasteiger partial charge in [-0.1, -0.05) is 18.2 Å². The van der Waals surface area contributed by atoms with E-state index >= 15 is 0 Å². The highest BCUT2D eigenvalue weighted by Crippen LogP contribution is 2.05. The van der Waals surface area contributed by atoms with E-state index in [0.717, 1.165) is 5.56 Å². The van der Waals surface area contributed by atoms with E-state index in [4.69, 9.17) is 5.73 Å². The van der Waals surface area contributed by atoms with Crippen LogP contribution in [0.1, 0.15) is 15.9 Å². The number of ketones is 1. The number of hydrogen-bond acceptors (Lipinski definition) is 3. The van der Waals surface area contributed by atoms with Crippen molar-refractivity contribution in [1.29, 1.82) is 0 Å². The number of benzene rings is 1. The highest BCUT2D eigenvalue weighted by Gasteiger charge is 2.02. The van der Waals surface area contributed by atoms with Crippen molar-refractivity contribution in [3.8, 4) is 0 Å². The van der Waals surface area contributed by atoms with Gasteiger partial charge in [0.05, 0.1) is 5.75 Å². The summed E-state index contributed by atoms with van der Waals surface area (Å²) in [4.78, 5) is 11.2. The third-order valence-electron chi connectivity index (χ3n) is 1.63. The van der Waals surface area contributed by atoms with E-state index in [2.05, 4.69) is 12.6 Å². The Balaban J connectivity index is 2.93. The number of rotatable bonds is 3. The van der Waals surface area contributed by atoms with Crippen molar-refractivity contribution < 1.29 is 4.79 Å². The maximum atomic E-state index is 11.2. The van der Waals surface area contributed by atoms with Gasteiger partial charge in [0.1, 0.15) is 0 Å². The van der Waals surface area contributed by atoms with E-state index < -0.39 is 0 Å². The minimum atomic E-state index is 0.0358. The van der Waals surface area contributed by atoms with Crippen molar-refractivity contribution in [2.24, 2.45) is 5.73 Å². The lowest BCUT2D eigenvalue weighted by Crippen LogP contribution is -2.03. The van der Waals surface area contributed by atoms with Gasteiger partial charge in [0, 0.05) is 12.1 Å². The Morgan fingerprint density at radius 1 is 1.50 bits per heavy atom. The van der Waals surface area contributed by atoms with Crippen molar-refractivity contribution in [2.75, 3.05) is 5.75 Å². The second-order valence-electron chi connectivity index (χ2n) is 2.49. The van der Waals surface area contributed by atoms with Crippen LogP contribution in [0.2, 0.25) is 0 Å². The fourth-order valence-corrected chi connectivity index (χ4v) is 1.15. The van der Waals surface area contributed by atoms with Crippen LogP contribution in [0.4, 0.5) is 0 Å². The first kappa shape index (κ1) is 9.29. The smallest absolute Gasteiger partial charge is 0.172 e. The summed E-state index contributed by atoms with van der Waals surface area (Å²) in [6, 6.07) is 7.31. The maximum Gasteiger partial charge on any atom is 0.172 e. The van der Waals surface area contributed by atoms with Gasteiger partial charge in [-0.3, -0.25) is 4.79 Å². The number of Topliss-reactive ketones (excluding diaryl/α,β-unsaturated/α-hetero) is 1. The molecular weight excluding hydrogens is 170 g/mol. The van der Waals surface area contributed by atoms with E-state index in [-0.39, 0.29) is 11.5 Å². The van der Waals surface area contributed by atoms with Crippen LogP contribution in [0.3, 0.4) is 0 Å². The Morgan fingerprint density at radius 2 is 2.25 bits per heavy atom. The van der Waals surface area contributed by atoms with Crippen molar-refractivity contribution in [2.45, 2.75) is 6.54 Å². The monoisotopic (exact) mass is 181 g/mol. The van der Waals surface area contributed by atoms with Gasteiger partial charge in [0.2, 0.25) is 0 Å². The molecule has 0 radical (unpaired) electrons. The molecule has 0 spiro atoms. The maximum absolute atomic E-state index is 11.2. The number of hydrogen-bond donors (Lipinski definition) is 2. The van der Waals surface area contributed by atoms with Crippen LogP contribution in [0.5, 0.6) is 0 Å². The molecule has 0 atom stereocenters. The minimum absolute atomic E-state index is 0.0358. The average Bonchev–Trinajstić information content (AvgIpc) is 2.17. The van der Waals surface area contributed by atoms with Gasteiger partial charge in [0.25, 0.3) is 0 Å². The molecule has 0 heterocycles.